The van der Waals surface area contributed by atoms with Gasteiger partial charge in [0.2, 0.25) is 0 Å². The number of carbonyl (C=O) groups excluding carboxylic acids is 1. The smallest absolute Gasteiger partial charge is 0.266 e. The van der Waals surface area contributed by atoms with Crippen LogP contribution in [0.3, 0.4) is 0 Å². The topological polar surface area (TPSA) is 17.1 Å². The summed E-state index contributed by atoms with van der Waals surface area (Å²) in [5.74, 6) is -3.22. The summed E-state index contributed by atoms with van der Waals surface area (Å²) in [5, 5.41) is 1.76. The highest BCUT2D eigenvalue weighted by Crippen LogP contribution is 2.24. The first-order valence-corrected chi connectivity index (χ1v) is 8.58. The van der Waals surface area contributed by atoms with E-state index in [2.05, 4.69) is 6.92 Å². The van der Waals surface area contributed by atoms with Crippen LogP contribution < -0.4 is 0 Å². The third-order valence-electron chi connectivity index (χ3n) is 3.36. The monoisotopic (exact) mass is 314 g/mol. The second-order valence-corrected chi connectivity index (χ2v) is 6.25. The highest BCUT2D eigenvalue weighted by molar-refractivity contribution is 7.12. The largest absolute Gasteiger partial charge is 0.288 e. The predicted molar refractivity (Wildman–Crippen MR) is 85.3 cm³/mol. The van der Waals surface area contributed by atoms with Gasteiger partial charge in [-0.1, -0.05) is 51.5 Å². The molecule has 0 aliphatic heterocycles. The van der Waals surface area contributed by atoms with Crippen LogP contribution in [0, 0.1) is 0 Å². The molecule has 0 bridgehead atoms. The SMILES string of the molecule is CCCCCCCCCC(F)(F)/C=C/C(=O)c1cccs1. The first-order valence-electron chi connectivity index (χ1n) is 7.70. The highest BCUT2D eigenvalue weighted by atomic mass is 32.1. The molecule has 1 aromatic heterocycles. The van der Waals surface area contributed by atoms with Crippen molar-refractivity contribution in [3.8, 4) is 0 Å². The molecule has 0 spiro atoms. The lowest BCUT2D eigenvalue weighted by Gasteiger charge is -2.11. The van der Waals surface area contributed by atoms with Crippen LogP contribution in [0.25, 0.3) is 0 Å². The van der Waals surface area contributed by atoms with E-state index in [0.717, 1.165) is 31.4 Å². The fourth-order valence-corrected chi connectivity index (χ4v) is 2.74. The van der Waals surface area contributed by atoms with Crippen molar-refractivity contribution >= 4 is 17.1 Å². The van der Waals surface area contributed by atoms with Crippen molar-refractivity contribution in [2.24, 2.45) is 0 Å². The van der Waals surface area contributed by atoms with Crippen molar-refractivity contribution in [1.82, 2.24) is 0 Å². The van der Waals surface area contributed by atoms with Gasteiger partial charge >= 0.3 is 0 Å². The van der Waals surface area contributed by atoms with Crippen molar-refractivity contribution in [3.63, 3.8) is 0 Å². The van der Waals surface area contributed by atoms with Crippen molar-refractivity contribution in [2.75, 3.05) is 0 Å². The molecule has 4 heteroatoms. The summed E-state index contributed by atoms with van der Waals surface area (Å²) in [5.41, 5.74) is 0. The fraction of sp³-hybridized carbons (Fsp3) is 0.588. The molecule has 118 valence electrons. The van der Waals surface area contributed by atoms with Crippen molar-refractivity contribution in [1.29, 1.82) is 0 Å². The van der Waals surface area contributed by atoms with E-state index in [1.54, 1.807) is 17.5 Å². The Labute approximate surface area is 130 Å². The van der Waals surface area contributed by atoms with Crippen LogP contribution in [0.1, 0.15) is 68.0 Å². The molecule has 0 saturated heterocycles. The number of ketones is 1. The molecule has 21 heavy (non-hydrogen) atoms. The van der Waals surface area contributed by atoms with E-state index >= 15 is 0 Å². The van der Waals surface area contributed by atoms with E-state index in [4.69, 9.17) is 0 Å². The molecule has 1 aromatic rings. The van der Waals surface area contributed by atoms with Gasteiger partial charge in [0.15, 0.2) is 5.78 Å². The lowest BCUT2D eigenvalue weighted by Crippen LogP contribution is -2.12. The quantitative estimate of drug-likeness (QED) is 0.267. The molecule has 0 aliphatic carbocycles. The summed E-state index contributed by atoms with van der Waals surface area (Å²) in [4.78, 5) is 12.1. The minimum atomic E-state index is -2.88. The third-order valence-corrected chi connectivity index (χ3v) is 4.24. The van der Waals surface area contributed by atoms with Gasteiger partial charge in [-0.05, 0) is 30.0 Å². The maximum Gasteiger partial charge on any atom is 0.266 e. The first-order chi connectivity index (χ1) is 10.0. The van der Waals surface area contributed by atoms with Crippen molar-refractivity contribution in [2.45, 2.75) is 64.2 Å². The zero-order chi connectivity index (χ0) is 15.6. The lowest BCUT2D eigenvalue weighted by atomic mass is 10.1. The highest BCUT2D eigenvalue weighted by Gasteiger charge is 2.24. The zero-order valence-corrected chi connectivity index (χ0v) is 13.4. The first kappa shape index (κ1) is 18.0. The summed E-state index contributed by atoms with van der Waals surface area (Å²) >= 11 is 1.27. The van der Waals surface area contributed by atoms with Gasteiger partial charge in [0.05, 0.1) is 4.88 Å². The van der Waals surface area contributed by atoms with Crippen molar-refractivity contribution in [3.05, 3.63) is 34.5 Å². The predicted octanol–water partition coefficient (Wildman–Crippen LogP) is 6.26. The molecule has 0 amide bonds. The van der Waals surface area contributed by atoms with Gasteiger partial charge in [-0.3, -0.25) is 4.79 Å². The Morgan fingerprint density at radius 2 is 1.86 bits per heavy atom. The van der Waals surface area contributed by atoms with E-state index in [9.17, 15) is 13.6 Å². The molecule has 0 atom stereocenters. The number of rotatable bonds is 11. The number of halogens is 2. The van der Waals surface area contributed by atoms with Gasteiger partial charge < -0.3 is 0 Å². The summed E-state index contributed by atoms with van der Waals surface area (Å²) < 4.78 is 27.2. The molecule has 0 N–H and O–H groups in total. The minimum absolute atomic E-state index is 0.172. The number of unbranched alkanes of at least 4 members (excludes halogenated alkanes) is 6. The number of hydrogen-bond donors (Lipinski definition) is 0. The molecule has 1 rings (SSSR count). The Hall–Kier alpha value is -1.03. The number of hydrogen-bond acceptors (Lipinski definition) is 2. The molecule has 0 fully saturated rings. The second-order valence-electron chi connectivity index (χ2n) is 5.31. The summed E-state index contributed by atoms with van der Waals surface area (Å²) in [6.45, 7) is 2.16. The Morgan fingerprint density at radius 3 is 2.48 bits per heavy atom. The number of thiophene rings is 1. The average Bonchev–Trinajstić information content (AvgIpc) is 2.98. The molecular weight excluding hydrogens is 290 g/mol. The Morgan fingerprint density at radius 1 is 1.19 bits per heavy atom. The van der Waals surface area contributed by atoms with E-state index in [1.165, 1.54) is 30.6 Å². The maximum absolute atomic E-state index is 13.6. The molecule has 0 unspecified atom stereocenters. The van der Waals surface area contributed by atoms with Gasteiger partial charge in [0, 0.05) is 6.42 Å². The zero-order valence-electron chi connectivity index (χ0n) is 12.6. The molecule has 0 aromatic carbocycles. The van der Waals surface area contributed by atoms with E-state index < -0.39 is 5.92 Å². The van der Waals surface area contributed by atoms with Gasteiger partial charge in [0.1, 0.15) is 0 Å². The van der Waals surface area contributed by atoms with Crippen LogP contribution in [0.15, 0.2) is 29.7 Å². The van der Waals surface area contributed by atoms with Crippen LogP contribution in [-0.4, -0.2) is 11.7 Å². The van der Waals surface area contributed by atoms with Crippen LogP contribution in [-0.2, 0) is 0 Å². The Kier molecular flexibility index (Phi) is 8.43. The summed E-state index contributed by atoms with van der Waals surface area (Å²) in [6.07, 6.45) is 8.71. The molecule has 1 heterocycles. The van der Waals surface area contributed by atoms with Crippen molar-refractivity contribution < 1.29 is 13.6 Å². The summed E-state index contributed by atoms with van der Waals surface area (Å²) in [6, 6.07) is 3.38. The van der Waals surface area contributed by atoms with Crippen LogP contribution in [0.2, 0.25) is 0 Å². The van der Waals surface area contributed by atoms with Crippen LogP contribution in [0.5, 0.6) is 0 Å². The molecule has 0 radical (unpaired) electrons. The standard InChI is InChI=1S/C17H24F2OS/c1-2-3-4-5-6-7-8-12-17(18,19)13-11-15(20)16-10-9-14-21-16/h9-11,13-14H,2-8,12H2,1H3/b13-11+. The van der Waals surface area contributed by atoms with Gasteiger partial charge in [-0.2, -0.15) is 0 Å². The van der Waals surface area contributed by atoms with Gasteiger partial charge in [-0.15, -0.1) is 11.3 Å². The second kappa shape index (κ2) is 9.82. The third kappa shape index (κ3) is 8.10. The molecule has 1 nitrogen and oxygen atoms in total. The normalized spacial score (nSPS) is 12.1. The Bertz CT molecular complexity index is 424. The average molecular weight is 314 g/mol. The van der Waals surface area contributed by atoms with E-state index in [-0.39, 0.29) is 12.2 Å². The Balaban J connectivity index is 2.22. The van der Waals surface area contributed by atoms with Crippen LogP contribution >= 0.6 is 11.3 Å². The van der Waals surface area contributed by atoms with Gasteiger partial charge in [-0.25, -0.2) is 8.78 Å². The van der Waals surface area contributed by atoms with Gasteiger partial charge in [0.25, 0.3) is 5.92 Å². The number of allylic oxidation sites excluding steroid dienone is 2. The molecule has 0 aliphatic rings. The molecule has 0 saturated carbocycles. The lowest BCUT2D eigenvalue weighted by molar-refractivity contribution is 0.0422. The maximum atomic E-state index is 13.6. The van der Waals surface area contributed by atoms with E-state index in [0.29, 0.717) is 11.3 Å². The van der Waals surface area contributed by atoms with E-state index in [1.807, 2.05) is 0 Å². The fourth-order valence-electron chi connectivity index (χ4n) is 2.10. The minimum Gasteiger partial charge on any atom is -0.288 e. The number of alkyl halides is 2. The summed E-state index contributed by atoms with van der Waals surface area (Å²) in [7, 11) is 0. The number of carbonyl (C=O) groups is 1. The van der Waals surface area contributed by atoms with Crippen LogP contribution in [0.4, 0.5) is 8.78 Å². The molecular formula is C17H24F2OS.